The highest BCUT2D eigenvalue weighted by Gasteiger charge is 1.97. The normalized spacial score (nSPS) is 9.40. The van der Waals surface area contributed by atoms with Gasteiger partial charge in [0.1, 0.15) is 11.5 Å². The van der Waals surface area contributed by atoms with E-state index >= 15 is 0 Å². The van der Waals surface area contributed by atoms with Gasteiger partial charge in [-0.05, 0) is 24.3 Å². The Hall–Kier alpha value is -0.514. The van der Waals surface area contributed by atoms with Crippen LogP contribution in [0.15, 0.2) is 54.6 Å². The van der Waals surface area contributed by atoms with Gasteiger partial charge < -0.3 is 4.74 Å². The third-order valence-corrected chi connectivity index (χ3v) is 4.78. The molecule has 72 valence electrons. The fourth-order valence-corrected chi connectivity index (χ4v) is 2.81. The molecule has 15 heavy (non-hydrogen) atoms. The highest BCUT2D eigenvalue weighted by molar-refractivity contribution is 9.23. The summed E-state index contributed by atoms with van der Waals surface area (Å²) in [4.78, 5) is 0. The van der Waals surface area contributed by atoms with Gasteiger partial charge in [-0.25, -0.2) is 0 Å². The van der Waals surface area contributed by atoms with Crippen LogP contribution in [-0.4, -0.2) is 18.2 Å². The monoisotopic (exact) mass is 272 g/mol. The summed E-state index contributed by atoms with van der Waals surface area (Å²) in [5.41, 5.74) is 0. The van der Waals surface area contributed by atoms with Crippen molar-refractivity contribution in [2.24, 2.45) is 0 Å². The quantitative estimate of drug-likeness (QED) is 0.781. The Morgan fingerprint density at radius 1 is 0.800 bits per heavy atom. The van der Waals surface area contributed by atoms with E-state index in [4.69, 9.17) is 4.74 Å². The van der Waals surface area contributed by atoms with Crippen LogP contribution in [0, 0.1) is 0 Å². The molecule has 2 rings (SSSR count). The molecule has 2 aromatic carbocycles. The van der Waals surface area contributed by atoms with E-state index < -0.39 is 0 Å². The molecule has 0 fully saturated rings. The maximum atomic E-state index is 5.68. The van der Waals surface area contributed by atoms with Crippen LogP contribution in [0.25, 0.3) is 0 Å². The number of ether oxygens (including phenoxy) is 1. The summed E-state index contributed by atoms with van der Waals surface area (Å²) in [5, 5.41) is 0. The number of benzene rings is 2. The molecule has 0 N–H and O–H groups in total. The minimum Gasteiger partial charge on any atom is -0.457 e. The molecule has 0 saturated heterocycles. The van der Waals surface area contributed by atoms with Crippen molar-refractivity contribution in [2.45, 2.75) is 0 Å². The first kappa shape index (κ1) is 11.0. The molecule has 2 aromatic rings. The van der Waals surface area contributed by atoms with Crippen LogP contribution < -0.4 is 8.43 Å². The zero-order chi connectivity index (χ0) is 10.5. The highest BCUT2D eigenvalue weighted by Crippen LogP contribution is 2.19. The van der Waals surface area contributed by atoms with Crippen LogP contribution in [0.5, 0.6) is 11.5 Å². The third kappa shape index (κ3) is 3.23. The summed E-state index contributed by atoms with van der Waals surface area (Å²) in [6.07, 6.45) is 0. The number of rotatable bonds is 3. The van der Waals surface area contributed by atoms with Crippen molar-refractivity contribution in [3.63, 3.8) is 0 Å². The van der Waals surface area contributed by atoms with Crippen molar-refractivity contribution in [1.29, 1.82) is 0 Å². The van der Waals surface area contributed by atoms with E-state index in [2.05, 4.69) is 25.0 Å². The van der Waals surface area contributed by atoms with Gasteiger partial charge in [-0.2, -0.15) is 3.69 Å². The van der Waals surface area contributed by atoms with Gasteiger partial charge in [-0.1, -0.05) is 30.3 Å². The Bertz CT molecular complexity index is 413. The first-order chi connectivity index (χ1) is 7.38. The number of hydrogen-bond acceptors (Lipinski definition) is 1. The van der Waals surface area contributed by atoms with E-state index in [1.54, 1.807) is 0 Å². The molecule has 0 aliphatic rings. The van der Waals surface area contributed by atoms with Gasteiger partial charge in [-0.15, -0.1) is 0 Å². The molecule has 0 saturated carbocycles. The molecule has 0 heterocycles. The largest absolute Gasteiger partial charge is 0.506 e. The molecule has 3 heteroatoms. The van der Waals surface area contributed by atoms with Gasteiger partial charge in [0.25, 0.3) is 0 Å². The van der Waals surface area contributed by atoms with Crippen LogP contribution >= 0.6 is 12.9 Å². The Morgan fingerprint density at radius 2 is 1.40 bits per heavy atom. The van der Waals surface area contributed by atoms with E-state index in [0.29, 0.717) is 0 Å². The van der Waals surface area contributed by atoms with Gasteiger partial charge in [0.05, 0.1) is 0 Å². The van der Waals surface area contributed by atoms with Gasteiger partial charge in [0.15, 0.2) is 0 Å². The molecule has 0 aromatic heterocycles. The van der Waals surface area contributed by atoms with Crippen molar-refractivity contribution in [3.05, 3.63) is 54.6 Å². The molecule has 0 aliphatic heterocycles. The Labute approximate surface area is 105 Å². The van der Waals surface area contributed by atoms with Crippen molar-refractivity contribution in [3.8, 4) is 11.5 Å². The predicted molar refractivity (Wildman–Crippen MR) is 67.3 cm³/mol. The standard InChI is InChI=1S/C12H9O.BrH.Mg/c1-3-7-11(8-4-1)13-12-9-5-2-6-10-12;;/h1,3-10H;1H;/q;;+1/p-1. The van der Waals surface area contributed by atoms with Crippen molar-refractivity contribution in [2.75, 3.05) is 0 Å². The molecule has 0 radical (unpaired) electrons. The minimum absolute atomic E-state index is 0.238. The summed E-state index contributed by atoms with van der Waals surface area (Å²) in [6, 6.07) is 18.1. The first-order valence-corrected chi connectivity index (χ1v) is 9.37. The second kappa shape index (κ2) is 5.54. The van der Waals surface area contributed by atoms with Gasteiger partial charge in [-0.3, -0.25) is 12.9 Å². The van der Waals surface area contributed by atoms with Crippen molar-refractivity contribution < 1.29 is 4.74 Å². The lowest BCUT2D eigenvalue weighted by Gasteiger charge is -2.05. The molecular formula is C12H9BrMgO. The Kier molecular flexibility index (Phi) is 4.06. The van der Waals surface area contributed by atoms with E-state index in [-0.39, 0.29) is 18.2 Å². The zero-order valence-corrected chi connectivity index (χ0v) is 11.2. The number of hydrogen-bond donors (Lipinski definition) is 0. The minimum atomic E-state index is -0.238. The summed E-state index contributed by atoms with van der Waals surface area (Å²) >= 11 is 3.31. The Balaban J connectivity index is 2.11. The van der Waals surface area contributed by atoms with Gasteiger partial charge >= 0.3 is 18.2 Å². The average molecular weight is 273 g/mol. The van der Waals surface area contributed by atoms with Crippen molar-refractivity contribution >= 4 is 34.8 Å². The third-order valence-electron chi connectivity index (χ3n) is 2.06. The second-order valence-electron chi connectivity index (χ2n) is 3.19. The lowest BCUT2D eigenvalue weighted by Crippen LogP contribution is -2.06. The molecule has 0 atom stereocenters. The summed E-state index contributed by atoms with van der Waals surface area (Å²) < 4.78 is 7.06. The lowest BCUT2D eigenvalue weighted by molar-refractivity contribution is 0.483. The van der Waals surface area contributed by atoms with Crippen LogP contribution in [-0.2, 0) is 0 Å². The fourth-order valence-electron chi connectivity index (χ4n) is 1.27. The molecule has 0 spiro atoms. The molecule has 0 bridgehead atoms. The maximum Gasteiger partial charge on any atom is 0.506 e. The molecule has 0 aliphatic carbocycles. The fraction of sp³-hybridized carbons (Fsp3) is 0. The smallest absolute Gasteiger partial charge is 0.457 e. The average Bonchev–Trinajstić information content (AvgIpc) is 2.31. The predicted octanol–water partition coefficient (Wildman–Crippen LogP) is 3.12. The molecule has 1 nitrogen and oxygen atoms in total. The maximum absolute atomic E-state index is 5.68. The number of para-hydroxylation sites is 1. The highest BCUT2D eigenvalue weighted by atomic mass is 79.9. The first-order valence-electron chi connectivity index (χ1n) is 4.76. The number of halogens is 1. The summed E-state index contributed by atoms with van der Waals surface area (Å²) in [6.45, 7) is 0. The van der Waals surface area contributed by atoms with Gasteiger partial charge in [0.2, 0.25) is 0 Å². The molecule has 0 unspecified atom stereocenters. The van der Waals surface area contributed by atoms with Gasteiger partial charge in [0, 0.05) is 0 Å². The van der Waals surface area contributed by atoms with E-state index in [1.807, 2.05) is 42.5 Å². The molecule has 0 amide bonds. The SMILES string of the molecule is [Br][Mg][c]1ccc(Oc2ccccc2)cc1. The summed E-state index contributed by atoms with van der Waals surface area (Å²) in [7, 11) is 0. The van der Waals surface area contributed by atoms with Crippen LogP contribution in [0.1, 0.15) is 0 Å². The van der Waals surface area contributed by atoms with E-state index in [9.17, 15) is 0 Å². The second-order valence-corrected chi connectivity index (χ2v) is 5.96. The summed E-state index contributed by atoms with van der Waals surface area (Å²) in [5.74, 6) is 1.77. The Morgan fingerprint density at radius 3 is 2.00 bits per heavy atom. The van der Waals surface area contributed by atoms with E-state index in [1.165, 1.54) is 3.69 Å². The van der Waals surface area contributed by atoms with E-state index in [0.717, 1.165) is 11.5 Å². The molecular weight excluding hydrogens is 264 g/mol. The zero-order valence-electron chi connectivity index (χ0n) is 8.19. The van der Waals surface area contributed by atoms with Crippen LogP contribution in [0.2, 0.25) is 0 Å². The van der Waals surface area contributed by atoms with Crippen LogP contribution in [0.3, 0.4) is 0 Å². The van der Waals surface area contributed by atoms with Crippen LogP contribution in [0.4, 0.5) is 0 Å². The lowest BCUT2D eigenvalue weighted by atomic mass is 10.3. The topological polar surface area (TPSA) is 9.23 Å². The van der Waals surface area contributed by atoms with Crippen molar-refractivity contribution in [1.82, 2.24) is 0 Å².